The minimum atomic E-state index is -0.662. The smallest absolute Gasteiger partial charge is 0.305 e. The molecule has 0 spiro atoms. The van der Waals surface area contributed by atoms with Gasteiger partial charge in [-0.1, -0.05) is 282 Å². The lowest BCUT2D eigenvalue weighted by molar-refractivity contribution is -0.143. The molecule has 6 nitrogen and oxygen atoms in total. The van der Waals surface area contributed by atoms with Gasteiger partial charge in [0.05, 0.1) is 25.4 Å². The molecule has 0 aromatic heterocycles. The van der Waals surface area contributed by atoms with Gasteiger partial charge in [0, 0.05) is 12.8 Å². The highest BCUT2D eigenvalue weighted by atomic mass is 16.5. The molecular weight excluding hydrogens is 827 g/mol. The summed E-state index contributed by atoms with van der Waals surface area (Å²) in [4.78, 5) is 24.5. The van der Waals surface area contributed by atoms with Gasteiger partial charge in [0.25, 0.3) is 0 Å². The van der Waals surface area contributed by atoms with Crippen LogP contribution >= 0.6 is 0 Å². The van der Waals surface area contributed by atoms with E-state index in [2.05, 4.69) is 43.5 Å². The normalized spacial score (nSPS) is 12.7. The first-order valence-corrected chi connectivity index (χ1v) is 30.1. The van der Waals surface area contributed by atoms with Crippen LogP contribution < -0.4 is 5.32 Å². The van der Waals surface area contributed by atoms with Crippen LogP contribution in [0.25, 0.3) is 0 Å². The lowest BCUT2D eigenvalue weighted by Gasteiger charge is -2.22. The van der Waals surface area contributed by atoms with Gasteiger partial charge in [-0.05, 0) is 57.8 Å². The predicted octanol–water partition coefficient (Wildman–Crippen LogP) is 18.6. The van der Waals surface area contributed by atoms with Crippen molar-refractivity contribution in [2.45, 2.75) is 341 Å². The molecule has 2 unspecified atom stereocenters. The summed E-state index contributed by atoms with van der Waals surface area (Å²) in [7, 11) is 0. The number of nitrogens with one attached hydrogen (secondary N) is 1. The van der Waals surface area contributed by atoms with Crippen LogP contribution in [0.2, 0.25) is 0 Å². The molecule has 0 aliphatic rings. The fourth-order valence-electron chi connectivity index (χ4n) is 9.38. The van der Waals surface area contributed by atoms with Gasteiger partial charge < -0.3 is 20.3 Å². The van der Waals surface area contributed by atoms with E-state index in [9.17, 15) is 19.8 Å². The van der Waals surface area contributed by atoms with Crippen LogP contribution in [0.15, 0.2) is 24.3 Å². The highest BCUT2D eigenvalue weighted by molar-refractivity contribution is 5.76. The minimum Gasteiger partial charge on any atom is -0.466 e. The number of allylic oxidation sites excluding steroid dienone is 4. The molecule has 67 heavy (non-hydrogen) atoms. The number of unbranched alkanes of at least 4 members (excludes halogenated alkanes) is 41. The molecule has 396 valence electrons. The SMILES string of the molecule is CCCCC/C=C\C/C=C\CCCCCCCCCC(=O)OCCCCCCCCCCCCCCCCCCCCCCCCCC(=O)NC(CO)C(O)CCCCCCCCCCCC. The van der Waals surface area contributed by atoms with Crippen LogP contribution in [0.5, 0.6) is 0 Å². The van der Waals surface area contributed by atoms with Crippen molar-refractivity contribution in [1.29, 1.82) is 0 Å². The summed E-state index contributed by atoms with van der Waals surface area (Å²) in [6.45, 7) is 4.92. The Morgan fingerprint density at radius 1 is 0.418 bits per heavy atom. The van der Waals surface area contributed by atoms with E-state index in [0.717, 1.165) is 51.4 Å². The van der Waals surface area contributed by atoms with Gasteiger partial charge in [0.1, 0.15) is 0 Å². The number of rotatable bonds is 56. The van der Waals surface area contributed by atoms with Crippen LogP contribution in [-0.2, 0) is 14.3 Å². The molecule has 3 N–H and O–H groups in total. The third-order valence-electron chi connectivity index (χ3n) is 14.0. The number of carbonyl (C=O) groups is 2. The van der Waals surface area contributed by atoms with Crippen molar-refractivity contribution in [3.63, 3.8) is 0 Å². The molecule has 0 heterocycles. The van der Waals surface area contributed by atoms with E-state index in [0.29, 0.717) is 25.9 Å². The molecule has 0 saturated carbocycles. The Bertz CT molecular complexity index is 1040. The molecule has 6 heteroatoms. The summed E-state index contributed by atoms with van der Waals surface area (Å²) >= 11 is 0. The van der Waals surface area contributed by atoms with Gasteiger partial charge >= 0.3 is 5.97 Å². The van der Waals surface area contributed by atoms with Gasteiger partial charge in [-0.2, -0.15) is 0 Å². The zero-order valence-corrected chi connectivity index (χ0v) is 45.1. The second-order valence-corrected chi connectivity index (χ2v) is 20.7. The predicted molar refractivity (Wildman–Crippen MR) is 292 cm³/mol. The maximum absolute atomic E-state index is 12.4. The highest BCUT2D eigenvalue weighted by Crippen LogP contribution is 2.18. The summed E-state index contributed by atoms with van der Waals surface area (Å²) in [5.74, 6) is -0.0286. The van der Waals surface area contributed by atoms with Crippen LogP contribution in [0.4, 0.5) is 0 Å². The maximum atomic E-state index is 12.4. The second-order valence-electron chi connectivity index (χ2n) is 20.7. The van der Waals surface area contributed by atoms with E-state index >= 15 is 0 Å². The Kier molecular flexibility index (Phi) is 55.5. The van der Waals surface area contributed by atoms with Crippen molar-refractivity contribution in [2.75, 3.05) is 13.2 Å². The van der Waals surface area contributed by atoms with E-state index in [1.807, 2.05) is 0 Å². The summed E-state index contributed by atoms with van der Waals surface area (Å²) < 4.78 is 5.49. The lowest BCUT2D eigenvalue weighted by Crippen LogP contribution is -2.45. The van der Waals surface area contributed by atoms with Crippen LogP contribution in [-0.4, -0.2) is 47.4 Å². The zero-order valence-electron chi connectivity index (χ0n) is 45.1. The van der Waals surface area contributed by atoms with E-state index in [-0.39, 0.29) is 18.5 Å². The van der Waals surface area contributed by atoms with Crippen LogP contribution in [0.1, 0.15) is 328 Å². The molecule has 0 aliphatic heterocycles. The minimum absolute atomic E-state index is 0.00678. The van der Waals surface area contributed by atoms with Crippen molar-refractivity contribution in [3.8, 4) is 0 Å². The Hall–Kier alpha value is -1.66. The fourth-order valence-corrected chi connectivity index (χ4v) is 9.38. The van der Waals surface area contributed by atoms with Gasteiger partial charge in [0.2, 0.25) is 5.91 Å². The number of ether oxygens (including phenoxy) is 1. The molecular formula is C61H117NO5. The van der Waals surface area contributed by atoms with Crippen molar-refractivity contribution >= 4 is 11.9 Å². The average molecular weight is 945 g/mol. The Morgan fingerprint density at radius 3 is 1.16 bits per heavy atom. The van der Waals surface area contributed by atoms with Crippen molar-refractivity contribution < 1.29 is 24.5 Å². The Morgan fingerprint density at radius 2 is 0.746 bits per heavy atom. The number of hydrogen-bond acceptors (Lipinski definition) is 5. The fraction of sp³-hybridized carbons (Fsp3) is 0.902. The lowest BCUT2D eigenvalue weighted by atomic mass is 10.0. The second kappa shape index (κ2) is 56.9. The third-order valence-corrected chi connectivity index (χ3v) is 14.0. The standard InChI is InChI=1S/C61H117NO5/c1-3-5-7-9-11-13-15-16-17-25-29-32-35-39-43-47-51-55-61(66)67-56-52-48-44-40-36-33-30-27-24-22-20-18-19-21-23-26-28-31-34-38-42-46-50-54-60(65)62-58(57-63)59(64)53-49-45-41-37-14-12-10-8-6-4-2/h11,13,16-17,58-59,63-64H,3-10,12,14-15,18-57H2,1-2H3,(H,62,65)/b13-11-,17-16-. The first-order valence-electron chi connectivity index (χ1n) is 30.1. The quantitative estimate of drug-likeness (QED) is 0.0321. The summed E-state index contributed by atoms with van der Waals surface area (Å²) in [6.07, 6.45) is 69.0. The van der Waals surface area contributed by atoms with Crippen molar-refractivity contribution in [1.82, 2.24) is 5.32 Å². The number of carbonyl (C=O) groups excluding carboxylic acids is 2. The van der Waals surface area contributed by atoms with Gasteiger partial charge in [-0.15, -0.1) is 0 Å². The third kappa shape index (κ3) is 53.5. The van der Waals surface area contributed by atoms with E-state index in [1.54, 1.807) is 0 Å². The number of hydrogen-bond donors (Lipinski definition) is 3. The molecule has 0 aromatic carbocycles. The number of aliphatic hydroxyl groups excluding tert-OH is 2. The average Bonchev–Trinajstić information content (AvgIpc) is 3.33. The number of esters is 1. The first-order chi connectivity index (χ1) is 33.0. The Balaban J connectivity index is 3.34. The molecule has 0 bridgehead atoms. The summed E-state index contributed by atoms with van der Waals surface area (Å²) in [6, 6.07) is -0.539. The summed E-state index contributed by atoms with van der Waals surface area (Å²) in [5.41, 5.74) is 0. The number of aliphatic hydroxyl groups is 2. The molecule has 0 rings (SSSR count). The summed E-state index contributed by atoms with van der Waals surface area (Å²) in [5, 5.41) is 23.1. The monoisotopic (exact) mass is 944 g/mol. The van der Waals surface area contributed by atoms with Gasteiger partial charge in [0.15, 0.2) is 0 Å². The highest BCUT2D eigenvalue weighted by Gasteiger charge is 2.20. The molecule has 0 aromatic rings. The van der Waals surface area contributed by atoms with Gasteiger partial charge in [-0.25, -0.2) is 0 Å². The molecule has 0 radical (unpaired) electrons. The zero-order chi connectivity index (χ0) is 48.6. The topological polar surface area (TPSA) is 95.9 Å². The van der Waals surface area contributed by atoms with Crippen molar-refractivity contribution in [3.05, 3.63) is 24.3 Å². The van der Waals surface area contributed by atoms with E-state index in [1.165, 1.54) is 244 Å². The number of amides is 1. The molecule has 0 fully saturated rings. The first kappa shape index (κ1) is 65.3. The van der Waals surface area contributed by atoms with E-state index < -0.39 is 12.1 Å². The Labute approximate surface area is 418 Å². The largest absolute Gasteiger partial charge is 0.466 e. The van der Waals surface area contributed by atoms with Gasteiger partial charge in [-0.3, -0.25) is 9.59 Å². The van der Waals surface area contributed by atoms with Crippen LogP contribution in [0.3, 0.4) is 0 Å². The molecule has 2 atom stereocenters. The molecule has 0 aliphatic carbocycles. The maximum Gasteiger partial charge on any atom is 0.305 e. The molecule has 1 amide bonds. The van der Waals surface area contributed by atoms with Crippen LogP contribution in [0, 0.1) is 0 Å². The van der Waals surface area contributed by atoms with E-state index in [4.69, 9.17) is 4.74 Å². The molecule has 0 saturated heterocycles. The van der Waals surface area contributed by atoms with Crippen molar-refractivity contribution in [2.24, 2.45) is 0 Å².